The van der Waals surface area contributed by atoms with Crippen molar-refractivity contribution < 1.29 is 9.59 Å². The van der Waals surface area contributed by atoms with Crippen LogP contribution in [0, 0.1) is 0 Å². The molecule has 2 aromatic rings. The predicted octanol–water partition coefficient (Wildman–Crippen LogP) is 1.06. The summed E-state index contributed by atoms with van der Waals surface area (Å²) in [5, 5.41) is 7.82. The van der Waals surface area contributed by atoms with E-state index >= 15 is 0 Å². The molecule has 1 N–H and O–H groups in total. The summed E-state index contributed by atoms with van der Waals surface area (Å²) in [6.07, 6.45) is 3.79. The van der Waals surface area contributed by atoms with Crippen LogP contribution in [-0.2, 0) is 16.1 Å². The van der Waals surface area contributed by atoms with Gasteiger partial charge < -0.3 is 10.2 Å². The molecule has 0 radical (unpaired) electrons. The van der Waals surface area contributed by atoms with E-state index in [2.05, 4.69) is 15.3 Å². The van der Waals surface area contributed by atoms with Gasteiger partial charge in [-0.3, -0.25) is 14.5 Å². The number of halogens is 1. The van der Waals surface area contributed by atoms with Gasteiger partial charge in [0, 0.05) is 43.0 Å². The molecule has 1 aromatic carbocycles. The molecule has 0 unspecified atom stereocenters. The van der Waals surface area contributed by atoms with Crippen LogP contribution in [0.3, 0.4) is 0 Å². The summed E-state index contributed by atoms with van der Waals surface area (Å²) in [6.45, 7) is 4.26. The summed E-state index contributed by atoms with van der Waals surface area (Å²) >= 11 is 6.04. The molecule has 0 bridgehead atoms. The third-order valence-electron chi connectivity index (χ3n) is 4.89. The third-order valence-corrected chi connectivity index (χ3v) is 5.13. The van der Waals surface area contributed by atoms with E-state index < -0.39 is 12.1 Å². The largest absolute Gasteiger partial charge is 0.343 e. The number of amides is 2. The smallest absolute Gasteiger partial charge is 0.245 e. The molecule has 3 heterocycles. The van der Waals surface area contributed by atoms with Gasteiger partial charge in [-0.2, -0.15) is 5.10 Å². The van der Waals surface area contributed by atoms with E-state index in [0.29, 0.717) is 24.7 Å². The standard InChI is InChI=1S/C18H20ClN5O2/c1-12-18(26)23-6-5-22(11-16(23)17(25)21-12)9-13-8-20-24(10-13)15-4-2-3-14(19)7-15/h2-4,7-8,10,12,16H,5-6,9,11H2,1H3,(H,21,25)/t12-,16+/m0/s1. The number of piperazine rings is 2. The van der Waals surface area contributed by atoms with Crippen LogP contribution >= 0.6 is 11.6 Å². The first kappa shape index (κ1) is 17.1. The summed E-state index contributed by atoms with van der Waals surface area (Å²) in [5.41, 5.74) is 1.95. The molecular formula is C18H20ClN5O2. The summed E-state index contributed by atoms with van der Waals surface area (Å²) in [4.78, 5) is 28.4. The Morgan fingerprint density at radius 1 is 1.31 bits per heavy atom. The fourth-order valence-electron chi connectivity index (χ4n) is 3.55. The highest BCUT2D eigenvalue weighted by molar-refractivity contribution is 6.30. The van der Waals surface area contributed by atoms with Gasteiger partial charge in [0.15, 0.2) is 0 Å². The zero-order valence-electron chi connectivity index (χ0n) is 14.4. The van der Waals surface area contributed by atoms with E-state index in [1.165, 1.54) is 0 Å². The molecular weight excluding hydrogens is 354 g/mol. The third kappa shape index (κ3) is 3.20. The number of nitrogens with zero attached hydrogens (tertiary/aromatic N) is 4. The summed E-state index contributed by atoms with van der Waals surface area (Å²) in [6, 6.07) is 6.68. The first-order chi connectivity index (χ1) is 12.5. The second-order valence-corrected chi connectivity index (χ2v) is 7.22. The van der Waals surface area contributed by atoms with Gasteiger partial charge >= 0.3 is 0 Å². The molecule has 2 fully saturated rings. The average Bonchev–Trinajstić information content (AvgIpc) is 3.08. The van der Waals surface area contributed by atoms with Crippen molar-refractivity contribution in [1.29, 1.82) is 0 Å². The molecule has 2 saturated heterocycles. The molecule has 0 saturated carbocycles. The van der Waals surface area contributed by atoms with Gasteiger partial charge in [-0.05, 0) is 25.1 Å². The van der Waals surface area contributed by atoms with Crippen LogP contribution in [0.4, 0.5) is 0 Å². The zero-order chi connectivity index (χ0) is 18.3. The van der Waals surface area contributed by atoms with Crippen molar-refractivity contribution in [2.24, 2.45) is 0 Å². The Morgan fingerprint density at radius 3 is 2.96 bits per heavy atom. The lowest BCUT2D eigenvalue weighted by Gasteiger charge is -2.44. The summed E-state index contributed by atoms with van der Waals surface area (Å²) in [5.74, 6) is -0.0700. The quantitative estimate of drug-likeness (QED) is 0.873. The molecule has 2 amide bonds. The van der Waals surface area contributed by atoms with Crippen molar-refractivity contribution in [3.05, 3.63) is 47.2 Å². The van der Waals surface area contributed by atoms with Crippen molar-refractivity contribution in [3.63, 3.8) is 0 Å². The minimum atomic E-state index is -0.429. The van der Waals surface area contributed by atoms with Gasteiger partial charge in [0.2, 0.25) is 11.8 Å². The van der Waals surface area contributed by atoms with Crippen LogP contribution in [-0.4, -0.2) is 63.1 Å². The van der Waals surface area contributed by atoms with E-state index in [-0.39, 0.29) is 11.8 Å². The fourth-order valence-corrected chi connectivity index (χ4v) is 3.74. The number of aromatic nitrogens is 2. The maximum Gasteiger partial charge on any atom is 0.245 e. The predicted molar refractivity (Wildman–Crippen MR) is 97.0 cm³/mol. The van der Waals surface area contributed by atoms with Crippen LogP contribution in [0.25, 0.3) is 5.69 Å². The van der Waals surface area contributed by atoms with Crippen LogP contribution in [0.2, 0.25) is 5.02 Å². The molecule has 136 valence electrons. The van der Waals surface area contributed by atoms with Crippen molar-refractivity contribution in [2.45, 2.75) is 25.6 Å². The molecule has 4 rings (SSSR count). The number of fused-ring (bicyclic) bond motifs is 1. The van der Waals surface area contributed by atoms with E-state index in [1.807, 2.05) is 36.7 Å². The van der Waals surface area contributed by atoms with Crippen molar-refractivity contribution in [3.8, 4) is 5.69 Å². The Morgan fingerprint density at radius 2 is 2.15 bits per heavy atom. The second-order valence-electron chi connectivity index (χ2n) is 6.79. The molecule has 2 aliphatic rings. The second kappa shape index (κ2) is 6.74. The fraction of sp³-hybridized carbons (Fsp3) is 0.389. The number of carbonyl (C=O) groups is 2. The van der Waals surface area contributed by atoms with Crippen LogP contribution in [0.15, 0.2) is 36.7 Å². The van der Waals surface area contributed by atoms with Gasteiger partial charge in [0.1, 0.15) is 12.1 Å². The Kier molecular flexibility index (Phi) is 4.42. The van der Waals surface area contributed by atoms with Crippen molar-refractivity contribution >= 4 is 23.4 Å². The SMILES string of the molecule is C[C@@H]1NC(=O)[C@H]2CN(Cc3cnn(-c4cccc(Cl)c4)c3)CCN2C1=O. The van der Waals surface area contributed by atoms with Crippen molar-refractivity contribution in [2.75, 3.05) is 19.6 Å². The Hall–Kier alpha value is -2.38. The maximum atomic E-state index is 12.2. The Balaban J connectivity index is 1.44. The molecule has 1 aromatic heterocycles. The number of nitrogens with one attached hydrogen (secondary N) is 1. The lowest BCUT2D eigenvalue weighted by Crippen LogP contribution is -2.68. The summed E-state index contributed by atoms with van der Waals surface area (Å²) < 4.78 is 1.79. The first-order valence-corrected chi connectivity index (χ1v) is 9.02. The lowest BCUT2D eigenvalue weighted by molar-refractivity contribution is -0.152. The van der Waals surface area contributed by atoms with Crippen LogP contribution in [0.1, 0.15) is 12.5 Å². The molecule has 0 spiro atoms. The highest BCUT2D eigenvalue weighted by Crippen LogP contribution is 2.19. The molecule has 26 heavy (non-hydrogen) atoms. The normalized spacial score (nSPS) is 23.7. The number of hydrogen-bond donors (Lipinski definition) is 1. The van der Waals surface area contributed by atoms with Crippen LogP contribution < -0.4 is 5.32 Å². The Labute approximate surface area is 156 Å². The number of hydrogen-bond acceptors (Lipinski definition) is 4. The molecule has 8 heteroatoms. The molecule has 2 aliphatic heterocycles. The monoisotopic (exact) mass is 373 g/mol. The van der Waals surface area contributed by atoms with Gasteiger partial charge in [-0.1, -0.05) is 17.7 Å². The topological polar surface area (TPSA) is 70.5 Å². The average molecular weight is 374 g/mol. The van der Waals surface area contributed by atoms with E-state index in [9.17, 15) is 9.59 Å². The minimum Gasteiger partial charge on any atom is -0.343 e. The minimum absolute atomic E-state index is 0.00280. The van der Waals surface area contributed by atoms with Gasteiger partial charge in [-0.25, -0.2) is 4.68 Å². The van der Waals surface area contributed by atoms with Gasteiger partial charge in [-0.15, -0.1) is 0 Å². The lowest BCUT2D eigenvalue weighted by atomic mass is 10.0. The number of benzene rings is 1. The highest BCUT2D eigenvalue weighted by atomic mass is 35.5. The zero-order valence-corrected chi connectivity index (χ0v) is 15.2. The highest BCUT2D eigenvalue weighted by Gasteiger charge is 2.41. The van der Waals surface area contributed by atoms with E-state index in [0.717, 1.165) is 17.8 Å². The number of carbonyl (C=O) groups excluding carboxylic acids is 2. The van der Waals surface area contributed by atoms with E-state index in [1.54, 1.807) is 16.5 Å². The molecule has 2 atom stereocenters. The maximum absolute atomic E-state index is 12.2. The number of rotatable bonds is 3. The molecule has 7 nitrogen and oxygen atoms in total. The van der Waals surface area contributed by atoms with Gasteiger partial charge in [0.05, 0.1) is 11.9 Å². The molecule has 0 aliphatic carbocycles. The van der Waals surface area contributed by atoms with E-state index in [4.69, 9.17) is 11.6 Å². The van der Waals surface area contributed by atoms with Crippen LogP contribution in [0.5, 0.6) is 0 Å². The Bertz CT molecular complexity index is 852. The van der Waals surface area contributed by atoms with Crippen molar-refractivity contribution in [1.82, 2.24) is 24.9 Å². The summed E-state index contributed by atoms with van der Waals surface area (Å²) in [7, 11) is 0. The first-order valence-electron chi connectivity index (χ1n) is 8.64. The van der Waals surface area contributed by atoms with Gasteiger partial charge in [0.25, 0.3) is 0 Å².